The summed E-state index contributed by atoms with van der Waals surface area (Å²) < 4.78 is 32.0. The Labute approximate surface area is 137 Å². The van der Waals surface area contributed by atoms with Gasteiger partial charge in [-0.15, -0.1) is 0 Å². The van der Waals surface area contributed by atoms with Gasteiger partial charge in [0.1, 0.15) is 0 Å². The van der Waals surface area contributed by atoms with Gasteiger partial charge in [0, 0.05) is 24.7 Å². The van der Waals surface area contributed by atoms with Gasteiger partial charge in [0.2, 0.25) is 5.91 Å². The molecule has 0 unspecified atom stereocenters. The summed E-state index contributed by atoms with van der Waals surface area (Å²) in [4.78, 5) is 13.8. The van der Waals surface area contributed by atoms with Crippen LogP contribution >= 0.6 is 0 Å². The maximum absolute atomic E-state index is 12.1. The predicted molar refractivity (Wildman–Crippen MR) is 88.8 cm³/mol. The van der Waals surface area contributed by atoms with Crippen molar-refractivity contribution >= 4 is 21.6 Å². The summed E-state index contributed by atoms with van der Waals surface area (Å²) in [5.74, 6) is -0.895. The Hall–Kier alpha value is -1.60. The lowest BCUT2D eigenvalue weighted by molar-refractivity contribution is -0.122. The van der Waals surface area contributed by atoms with Crippen LogP contribution in [0, 0.1) is 5.92 Å². The number of hydrogen-bond acceptors (Lipinski definition) is 5. The molecule has 1 fully saturated rings. The molecule has 7 heteroatoms. The minimum Gasteiger partial charge on any atom is -0.372 e. The summed E-state index contributed by atoms with van der Waals surface area (Å²) >= 11 is 0. The quantitative estimate of drug-likeness (QED) is 0.854. The number of amides is 1. The van der Waals surface area contributed by atoms with E-state index in [0.717, 1.165) is 18.8 Å². The lowest BCUT2D eigenvalue weighted by Gasteiger charge is -2.41. The topological polar surface area (TPSA) is 75.7 Å². The van der Waals surface area contributed by atoms with Gasteiger partial charge in [-0.05, 0) is 38.1 Å². The Balaban J connectivity index is 1.99. The summed E-state index contributed by atoms with van der Waals surface area (Å²) in [5, 5.41) is 0. The Morgan fingerprint density at radius 3 is 2.22 bits per heavy atom. The van der Waals surface area contributed by atoms with E-state index in [1.807, 2.05) is 13.8 Å². The molecule has 0 saturated carbocycles. The van der Waals surface area contributed by atoms with E-state index in [2.05, 4.69) is 9.62 Å². The van der Waals surface area contributed by atoms with Gasteiger partial charge in [-0.25, -0.2) is 13.1 Å². The van der Waals surface area contributed by atoms with Crippen molar-refractivity contribution in [1.82, 2.24) is 4.72 Å². The highest BCUT2D eigenvalue weighted by Crippen LogP contribution is 2.24. The number of carbonyl (C=O) groups is 1. The van der Waals surface area contributed by atoms with Gasteiger partial charge in [0.05, 0.1) is 17.1 Å². The smallest absolute Gasteiger partial charge is 0.264 e. The maximum Gasteiger partial charge on any atom is 0.264 e. The van der Waals surface area contributed by atoms with Crippen LogP contribution in [-0.2, 0) is 19.6 Å². The minimum atomic E-state index is -3.81. The first kappa shape index (κ1) is 17.7. The molecule has 1 aliphatic heterocycles. The first-order chi connectivity index (χ1) is 10.7. The number of benzene rings is 1. The highest BCUT2D eigenvalue weighted by atomic mass is 32.2. The van der Waals surface area contributed by atoms with Crippen molar-refractivity contribution < 1.29 is 17.9 Å². The Bertz CT molecular complexity index is 647. The molecule has 0 radical (unpaired) electrons. The fraction of sp³-hybridized carbons (Fsp3) is 0.562. The highest BCUT2D eigenvalue weighted by molar-refractivity contribution is 7.90. The van der Waals surface area contributed by atoms with E-state index < -0.39 is 15.9 Å². The van der Waals surface area contributed by atoms with E-state index in [9.17, 15) is 13.2 Å². The van der Waals surface area contributed by atoms with Crippen molar-refractivity contribution in [2.45, 2.75) is 44.8 Å². The number of rotatable bonds is 6. The van der Waals surface area contributed by atoms with Gasteiger partial charge < -0.3 is 9.64 Å². The van der Waals surface area contributed by atoms with Crippen LogP contribution in [0.4, 0.5) is 5.69 Å². The summed E-state index contributed by atoms with van der Waals surface area (Å²) in [6.07, 6.45) is 0.433. The van der Waals surface area contributed by atoms with Crippen LogP contribution in [0.1, 0.15) is 27.7 Å². The number of nitrogens with zero attached hydrogens (tertiary/aromatic N) is 1. The third-order valence-electron chi connectivity index (χ3n) is 3.58. The number of ether oxygens (including phenoxy) is 1. The molecule has 0 spiro atoms. The van der Waals surface area contributed by atoms with Crippen LogP contribution in [0.2, 0.25) is 0 Å². The van der Waals surface area contributed by atoms with Gasteiger partial charge in [0.15, 0.2) is 0 Å². The fourth-order valence-corrected chi connectivity index (χ4v) is 3.38. The molecule has 128 valence electrons. The molecule has 1 aromatic rings. The van der Waals surface area contributed by atoms with Crippen LogP contribution in [-0.4, -0.2) is 39.6 Å². The van der Waals surface area contributed by atoms with E-state index in [1.165, 1.54) is 12.1 Å². The molecule has 0 aromatic heterocycles. The van der Waals surface area contributed by atoms with Crippen LogP contribution in [0.3, 0.4) is 0 Å². The normalized spacial score (nSPS) is 15.8. The molecule has 1 saturated heterocycles. The van der Waals surface area contributed by atoms with E-state index in [1.54, 1.807) is 26.0 Å². The van der Waals surface area contributed by atoms with Crippen LogP contribution < -0.4 is 9.62 Å². The van der Waals surface area contributed by atoms with Crippen molar-refractivity contribution in [1.29, 1.82) is 0 Å². The van der Waals surface area contributed by atoms with Crippen LogP contribution in [0.15, 0.2) is 29.2 Å². The number of sulfonamides is 1. The van der Waals surface area contributed by atoms with Crippen LogP contribution in [0.25, 0.3) is 0 Å². The average Bonchev–Trinajstić information content (AvgIpc) is 2.41. The number of anilines is 1. The molecule has 1 aliphatic rings. The highest BCUT2D eigenvalue weighted by Gasteiger charge is 2.28. The van der Waals surface area contributed by atoms with E-state index in [-0.39, 0.29) is 23.0 Å². The van der Waals surface area contributed by atoms with Crippen molar-refractivity contribution in [2.24, 2.45) is 5.92 Å². The summed E-state index contributed by atoms with van der Waals surface area (Å²) in [6.45, 7) is 8.91. The Kier molecular flexibility index (Phi) is 5.31. The van der Waals surface area contributed by atoms with Gasteiger partial charge in [-0.1, -0.05) is 13.8 Å². The van der Waals surface area contributed by atoms with Gasteiger partial charge in [0.25, 0.3) is 10.0 Å². The molecule has 1 heterocycles. The molecule has 23 heavy (non-hydrogen) atoms. The fourth-order valence-electron chi connectivity index (χ4n) is 2.27. The minimum absolute atomic E-state index is 0.0887. The molecule has 0 aliphatic carbocycles. The molecule has 6 nitrogen and oxygen atoms in total. The lowest BCUT2D eigenvalue weighted by Crippen LogP contribution is -2.53. The SMILES string of the molecule is CC(C)OC1CN(c2ccc(S(=O)(=O)NC(=O)C(C)C)cc2)C1. The van der Waals surface area contributed by atoms with Gasteiger partial charge >= 0.3 is 0 Å². The zero-order chi connectivity index (χ0) is 17.2. The summed E-state index contributed by atoms with van der Waals surface area (Å²) in [6, 6.07) is 6.53. The van der Waals surface area contributed by atoms with E-state index in [4.69, 9.17) is 4.74 Å². The molecule has 0 atom stereocenters. The average molecular weight is 340 g/mol. The molecule has 2 rings (SSSR count). The van der Waals surface area contributed by atoms with Crippen molar-refractivity contribution in [2.75, 3.05) is 18.0 Å². The molecular formula is C16H24N2O4S. The maximum atomic E-state index is 12.1. The van der Waals surface area contributed by atoms with Crippen molar-refractivity contribution in [3.8, 4) is 0 Å². The molecular weight excluding hydrogens is 316 g/mol. The number of nitrogens with one attached hydrogen (secondary N) is 1. The number of carbonyl (C=O) groups excluding carboxylic acids is 1. The zero-order valence-electron chi connectivity index (χ0n) is 13.9. The second-order valence-corrected chi connectivity index (χ2v) is 8.01. The largest absolute Gasteiger partial charge is 0.372 e. The van der Waals surface area contributed by atoms with Crippen molar-refractivity contribution in [3.63, 3.8) is 0 Å². The first-order valence-corrected chi connectivity index (χ1v) is 9.24. The van der Waals surface area contributed by atoms with E-state index >= 15 is 0 Å². The monoisotopic (exact) mass is 340 g/mol. The number of hydrogen-bond donors (Lipinski definition) is 1. The molecule has 1 aromatic carbocycles. The lowest BCUT2D eigenvalue weighted by atomic mass is 10.1. The standard InChI is InChI=1S/C16H24N2O4S/c1-11(2)16(19)17-23(20,21)15-7-5-13(6-8-15)18-9-14(10-18)22-12(3)4/h5-8,11-12,14H,9-10H2,1-4H3,(H,17,19). The first-order valence-electron chi connectivity index (χ1n) is 7.76. The third kappa shape index (κ3) is 4.45. The molecule has 0 bridgehead atoms. The van der Waals surface area contributed by atoms with Crippen molar-refractivity contribution in [3.05, 3.63) is 24.3 Å². The zero-order valence-corrected chi connectivity index (χ0v) is 14.8. The molecule has 1 amide bonds. The van der Waals surface area contributed by atoms with E-state index in [0.29, 0.717) is 0 Å². The van der Waals surface area contributed by atoms with Gasteiger partial charge in [-0.2, -0.15) is 0 Å². The third-order valence-corrected chi connectivity index (χ3v) is 4.95. The Morgan fingerprint density at radius 2 is 1.74 bits per heavy atom. The van der Waals surface area contributed by atoms with Gasteiger partial charge in [-0.3, -0.25) is 4.79 Å². The second-order valence-electron chi connectivity index (χ2n) is 6.33. The predicted octanol–water partition coefficient (Wildman–Crippen LogP) is 1.76. The van der Waals surface area contributed by atoms with Crippen LogP contribution in [0.5, 0.6) is 0 Å². The Morgan fingerprint density at radius 1 is 1.17 bits per heavy atom. The second kappa shape index (κ2) is 6.88. The summed E-state index contributed by atoms with van der Waals surface area (Å²) in [5.41, 5.74) is 0.947. The molecule has 1 N–H and O–H groups in total. The summed E-state index contributed by atoms with van der Waals surface area (Å²) in [7, 11) is -3.81.